The topological polar surface area (TPSA) is 87.0 Å². The molecule has 1 unspecified atom stereocenters. The van der Waals surface area contributed by atoms with E-state index in [1.54, 1.807) is 0 Å². The summed E-state index contributed by atoms with van der Waals surface area (Å²) in [6.07, 6.45) is 1.79. The quantitative estimate of drug-likeness (QED) is 0.284. The molecule has 5 nitrogen and oxygen atoms in total. The van der Waals surface area contributed by atoms with Crippen molar-refractivity contribution in [3.63, 3.8) is 0 Å². The molecule has 0 rings (SSSR count). The van der Waals surface area contributed by atoms with Gasteiger partial charge in [0.25, 0.3) is 0 Å². The summed E-state index contributed by atoms with van der Waals surface area (Å²) in [7, 11) is -4.48. The number of carbonyl (C=O) groups excluding carboxylic acids is 1. The SMILES string of the molecule is C=CC(CCC=O)O[Si](O)(O)O. The van der Waals surface area contributed by atoms with E-state index in [0.29, 0.717) is 6.29 Å². The summed E-state index contributed by atoms with van der Waals surface area (Å²) < 4.78 is 4.42. The van der Waals surface area contributed by atoms with Crippen LogP contribution in [0.15, 0.2) is 12.7 Å². The van der Waals surface area contributed by atoms with Crippen molar-refractivity contribution in [2.45, 2.75) is 18.9 Å². The molecule has 0 aliphatic rings. The van der Waals surface area contributed by atoms with Crippen LogP contribution in [0, 0.1) is 0 Å². The fourth-order valence-corrected chi connectivity index (χ4v) is 1.28. The maximum absolute atomic E-state index is 9.92. The maximum atomic E-state index is 9.92. The van der Waals surface area contributed by atoms with Crippen molar-refractivity contribution in [1.82, 2.24) is 0 Å². The highest BCUT2D eigenvalue weighted by Crippen LogP contribution is 2.05. The second-order valence-corrected chi connectivity index (χ2v) is 3.59. The monoisotopic (exact) mass is 192 g/mol. The minimum Gasteiger partial charge on any atom is -0.368 e. The largest absolute Gasteiger partial charge is 0.671 e. The van der Waals surface area contributed by atoms with Crippen LogP contribution in [-0.4, -0.2) is 35.8 Å². The Balaban J connectivity index is 3.82. The zero-order valence-corrected chi connectivity index (χ0v) is 7.51. The molecule has 0 aromatic heterocycles. The maximum Gasteiger partial charge on any atom is 0.671 e. The third-order valence-corrected chi connectivity index (χ3v) is 1.76. The molecular formula is C6H12O5Si. The molecule has 0 bridgehead atoms. The smallest absolute Gasteiger partial charge is 0.368 e. The van der Waals surface area contributed by atoms with E-state index in [1.165, 1.54) is 6.08 Å². The van der Waals surface area contributed by atoms with Crippen molar-refractivity contribution >= 4 is 15.3 Å². The zero-order chi connectivity index (χ0) is 9.61. The van der Waals surface area contributed by atoms with Gasteiger partial charge in [-0.2, -0.15) is 0 Å². The Labute approximate surface area is 71.4 Å². The molecule has 0 aromatic carbocycles. The van der Waals surface area contributed by atoms with Gasteiger partial charge in [0.1, 0.15) is 6.29 Å². The van der Waals surface area contributed by atoms with Crippen molar-refractivity contribution in [2.24, 2.45) is 0 Å². The lowest BCUT2D eigenvalue weighted by molar-refractivity contribution is -0.108. The molecule has 0 aromatic rings. The molecule has 6 heteroatoms. The van der Waals surface area contributed by atoms with Gasteiger partial charge >= 0.3 is 9.05 Å². The highest BCUT2D eigenvalue weighted by molar-refractivity contribution is 6.48. The summed E-state index contributed by atoms with van der Waals surface area (Å²) in [4.78, 5) is 35.5. The third-order valence-electron chi connectivity index (χ3n) is 1.14. The Morgan fingerprint density at radius 3 is 2.42 bits per heavy atom. The molecule has 0 saturated carbocycles. The molecular weight excluding hydrogens is 180 g/mol. The van der Waals surface area contributed by atoms with Gasteiger partial charge in [0.15, 0.2) is 0 Å². The van der Waals surface area contributed by atoms with Crippen LogP contribution in [0.4, 0.5) is 0 Å². The van der Waals surface area contributed by atoms with Gasteiger partial charge < -0.3 is 23.6 Å². The second kappa shape index (κ2) is 5.17. The van der Waals surface area contributed by atoms with Crippen molar-refractivity contribution in [2.75, 3.05) is 0 Å². The van der Waals surface area contributed by atoms with Gasteiger partial charge in [-0.05, 0) is 6.42 Å². The Morgan fingerprint density at radius 1 is 1.50 bits per heavy atom. The lowest BCUT2D eigenvalue weighted by Crippen LogP contribution is -2.42. The minimum atomic E-state index is -4.48. The molecule has 0 fully saturated rings. The summed E-state index contributed by atoms with van der Waals surface area (Å²) in [5.74, 6) is 0. The first-order valence-corrected chi connectivity index (χ1v) is 5.15. The summed E-state index contributed by atoms with van der Waals surface area (Å²) >= 11 is 0. The number of rotatable bonds is 6. The molecule has 0 aliphatic heterocycles. The lowest BCUT2D eigenvalue weighted by atomic mass is 10.2. The van der Waals surface area contributed by atoms with Crippen molar-refractivity contribution in [3.8, 4) is 0 Å². The van der Waals surface area contributed by atoms with Gasteiger partial charge in [-0.3, -0.25) is 0 Å². The van der Waals surface area contributed by atoms with Gasteiger partial charge in [0.05, 0.1) is 6.10 Å². The van der Waals surface area contributed by atoms with Crippen molar-refractivity contribution in [3.05, 3.63) is 12.7 Å². The van der Waals surface area contributed by atoms with E-state index in [0.717, 1.165) is 0 Å². The summed E-state index contributed by atoms with van der Waals surface area (Å²) in [5.41, 5.74) is 0. The van der Waals surface area contributed by atoms with Crippen LogP contribution in [0.2, 0.25) is 0 Å². The van der Waals surface area contributed by atoms with Crippen LogP contribution >= 0.6 is 0 Å². The van der Waals surface area contributed by atoms with Gasteiger partial charge in [-0.25, -0.2) is 0 Å². The van der Waals surface area contributed by atoms with Crippen molar-refractivity contribution < 1.29 is 23.6 Å². The van der Waals surface area contributed by atoms with E-state index < -0.39 is 15.2 Å². The normalized spacial score (nSPS) is 13.9. The highest BCUT2D eigenvalue weighted by Gasteiger charge is 2.33. The van der Waals surface area contributed by atoms with Crippen LogP contribution in [0.5, 0.6) is 0 Å². The number of aldehydes is 1. The molecule has 0 amide bonds. The number of hydrogen-bond donors (Lipinski definition) is 3. The average molecular weight is 192 g/mol. The molecule has 1 atom stereocenters. The van der Waals surface area contributed by atoms with Crippen LogP contribution < -0.4 is 0 Å². The third kappa shape index (κ3) is 6.19. The fraction of sp³-hybridized carbons (Fsp3) is 0.500. The average Bonchev–Trinajstić information content (AvgIpc) is 1.95. The molecule has 0 heterocycles. The molecule has 0 spiro atoms. The number of hydrogen-bond acceptors (Lipinski definition) is 5. The molecule has 0 aliphatic carbocycles. The van der Waals surface area contributed by atoms with Gasteiger partial charge in [-0.15, -0.1) is 6.58 Å². The Hall–Kier alpha value is -0.533. The zero-order valence-electron chi connectivity index (χ0n) is 6.51. The second-order valence-electron chi connectivity index (χ2n) is 2.21. The van der Waals surface area contributed by atoms with Crippen molar-refractivity contribution in [1.29, 1.82) is 0 Å². The van der Waals surface area contributed by atoms with Gasteiger partial charge in [0.2, 0.25) is 0 Å². The summed E-state index contributed by atoms with van der Waals surface area (Å²) in [6, 6.07) is 0. The highest BCUT2D eigenvalue weighted by atomic mass is 28.4. The predicted molar refractivity (Wildman–Crippen MR) is 42.8 cm³/mol. The van der Waals surface area contributed by atoms with E-state index in [2.05, 4.69) is 11.0 Å². The lowest BCUT2D eigenvalue weighted by Gasteiger charge is -2.16. The first-order chi connectivity index (χ1) is 5.49. The molecule has 70 valence electrons. The Kier molecular flexibility index (Phi) is 4.94. The first-order valence-electron chi connectivity index (χ1n) is 3.40. The molecule has 3 N–H and O–H groups in total. The molecule has 12 heavy (non-hydrogen) atoms. The Morgan fingerprint density at radius 2 is 2.08 bits per heavy atom. The van der Waals surface area contributed by atoms with E-state index in [4.69, 9.17) is 14.4 Å². The van der Waals surface area contributed by atoms with E-state index >= 15 is 0 Å². The minimum absolute atomic E-state index is 0.223. The van der Waals surface area contributed by atoms with E-state index in [9.17, 15) is 4.79 Å². The first kappa shape index (κ1) is 11.5. The van der Waals surface area contributed by atoms with E-state index in [-0.39, 0.29) is 12.8 Å². The summed E-state index contributed by atoms with van der Waals surface area (Å²) in [6.45, 7) is 3.35. The molecule has 0 radical (unpaired) electrons. The Bertz CT molecular complexity index is 153. The number of carbonyl (C=O) groups is 1. The van der Waals surface area contributed by atoms with Gasteiger partial charge in [0, 0.05) is 6.42 Å². The predicted octanol–water partition coefficient (Wildman–Crippen LogP) is -1.05. The van der Waals surface area contributed by atoms with Crippen LogP contribution in [-0.2, 0) is 9.22 Å². The summed E-state index contributed by atoms with van der Waals surface area (Å²) in [5, 5.41) is 0. The van der Waals surface area contributed by atoms with Crippen LogP contribution in [0.3, 0.4) is 0 Å². The van der Waals surface area contributed by atoms with Crippen LogP contribution in [0.1, 0.15) is 12.8 Å². The van der Waals surface area contributed by atoms with E-state index in [1.807, 2.05) is 0 Å². The van der Waals surface area contributed by atoms with Crippen LogP contribution in [0.25, 0.3) is 0 Å². The standard InChI is InChI=1S/C6H12O5Si/c1-2-6(4-3-5-7)11-12(8,9)10/h2,5-6,8-10H,1,3-4H2. The molecule has 0 saturated heterocycles. The fourth-order valence-electron chi connectivity index (χ4n) is 0.660. The van der Waals surface area contributed by atoms with Gasteiger partial charge in [-0.1, -0.05) is 6.08 Å².